The van der Waals surface area contributed by atoms with Crippen molar-refractivity contribution in [2.45, 2.75) is 39.5 Å². The molecule has 0 saturated heterocycles. The van der Waals surface area contributed by atoms with Gasteiger partial charge in [-0.15, -0.1) is 11.3 Å². The fourth-order valence-corrected chi connectivity index (χ4v) is 5.33. The van der Waals surface area contributed by atoms with Crippen LogP contribution in [0.3, 0.4) is 0 Å². The molecule has 0 spiro atoms. The third-order valence-corrected chi connectivity index (χ3v) is 6.82. The molecule has 1 aromatic carbocycles. The number of nitrogens with one attached hydrogen (secondary N) is 1. The number of nitriles is 2. The van der Waals surface area contributed by atoms with E-state index < -0.39 is 5.91 Å². The Labute approximate surface area is 185 Å². The monoisotopic (exact) mass is 426 g/mol. The van der Waals surface area contributed by atoms with E-state index in [4.69, 9.17) is 0 Å². The second-order valence-electron chi connectivity index (χ2n) is 7.65. The van der Waals surface area contributed by atoms with Gasteiger partial charge in [-0.25, -0.2) is 0 Å². The van der Waals surface area contributed by atoms with Crippen LogP contribution in [0.5, 0.6) is 0 Å². The largest absolute Gasteiger partial charge is 0.321 e. The first-order valence-electron chi connectivity index (χ1n) is 10.3. The predicted molar refractivity (Wildman–Crippen MR) is 123 cm³/mol. The normalized spacial score (nSPS) is 13.2. The second-order valence-corrected chi connectivity index (χ2v) is 8.76. The molecule has 0 aliphatic heterocycles. The Bertz CT molecular complexity index is 1270. The molecule has 1 N–H and O–H groups in total. The number of benzene rings is 1. The second kappa shape index (κ2) is 8.63. The summed E-state index contributed by atoms with van der Waals surface area (Å²) in [5, 5.41) is 22.1. The highest BCUT2D eigenvalue weighted by Gasteiger charge is 2.24. The molecular weight excluding hydrogens is 404 g/mol. The molecule has 2 aromatic heterocycles. The highest BCUT2D eigenvalue weighted by Crippen LogP contribution is 2.38. The summed E-state index contributed by atoms with van der Waals surface area (Å²) in [4.78, 5) is 14.7. The Balaban J connectivity index is 1.74. The average Bonchev–Trinajstić information content (AvgIpc) is 3.28. The Morgan fingerprint density at radius 1 is 1.16 bits per heavy atom. The molecule has 0 fully saturated rings. The van der Waals surface area contributed by atoms with E-state index in [2.05, 4.69) is 16.0 Å². The number of aromatic nitrogens is 1. The van der Waals surface area contributed by atoms with Crippen LogP contribution in [0.1, 0.15) is 45.1 Å². The van der Waals surface area contributed by atoms with Gasteiger partial charge in [-0.3, -0.25) is 4.79 Å². The lowest BCUT2D eigenvalue weighted by molar-refractivity contribution is -0.112. The quantitative estimate of drug-likeness (QED) is 0.445. The van der Waals surface area contributed by atoms with Crippen LogP contribution in [0.15, 0.2) is 42.0 Å². The summed E-state index contributed by atoms with van der Waals surface area (Å²) < 4.78 is 2.11. The van der Waals surface area contributed by atoms with Crippen LogP contribution in [0.2, 0.25) is 0 Å². The number of thiophene rings is 1. The van der Waals surface area contributed by atoms with Crippen molar-refractivity contribution in [2.24, 2.45) is 0 Å². The topological polar surface area (TPSA) is 81.6 Å². The molecule has 5 nitrogen and oxygen atoms in total. The van der Waals surface area contributed by atoms with Gasteiger partial charge < -0.3 is 9.88 Å². The number of aryl methyl sites for hydroxylation is 2. The van der Waals surface area contributed by atoms with Crippen molar-refractivity contribution in [3.63, 3.8) is 0 Å². The third kappa shape index (κ3) is 3.91. The van der Waals surface area contributed by atoms with Crippen molar-refractivity contribution >= 4 is 29.0 Å². The van der Waals surface area contributed by atoms with E-state index in [1.807, 2.05) is 44.2 Å². The van der Waals surface area contributed by atoms with E-state index in [0.717, 1.165) is 53.2 Å². The number of carbonyl (C=O) groups excluding carboxylic acids is 1. The van der Waals surface area contributed by atoms with Gasteiger partial charge in [-0.2, -0.15) is 10.5 Å². The van der Waals surface area contributed by atoms with E-state index >= 15 is 0 Å². The molecule has 0 bridgehead atoms. The summed E-state index contributed by atoms with van der Waals surface area (Å²) in [6.45, 7) is 3.96. The maximum absolute atomic E-state index is 12.6. The number of carbonyl (C=O) groups is 1. The number of amides is 1. The third-order valence-electron chi connectivity index (χ3n) is 5.64. The van der Waals surface area contributed by atoms with Gasteiger partial charge in [-0.1, -0.05) is 18.2 Å². The molecule has 0 atom stereocenters. The summed E-state index contributed by atoms with van der Waals surface area (Å²) in [6, 6.07) is 15.4. The first kappa shape index (κ1) is 20.7. The molecule has 154 valence electrons. The lowest BCUT2D eigenvalue weighted by atomic mass is 9.97. The average molecular weight is 427 g/mol. The number of fused-ring (bicyclic) bond motifs is 1. The lowest BCUT2D eigenvalue weighted by Crippen LogP contribution is -2.13. The molecule has 1 amide bonds. The van der Waals surface area contributed by atoms with Crippen LogP contribution >= 0.6 is 11.3 Å². The molecule has 1 aliphatic carbocycles. The SMILES string of the molecule is Cc1cc(/C=C(/C#N)C(=O)Nc2ccccc2)c(C)n1-c1c(C#N)sc2c1CCCC2. The number of nitrogens with zero attached hydrogens (tertiary/aromatic N) is 3. The smallest absolute Gasteiger partial charge is 0.266 e. The minimum Gasteiger partial charge on any atom is -0.321 e. The molecule has 31 heavy (non-hydrogen) atoms. The number of rotatable bonds is 4. The zero-order valence-corrected chi connectivity index (χ0v) is 18.3. The molecule has 1 aliphatic rings. The van der Waals surface area contributed by atoms with Crippen molar-refractivity contribution in [3.8, 4) is 17.8 Å². The number of hydrogen-bond donors (Lipinski definition) is 1. The van der Waals surface area contributed by atoms with Gasteiger partial charge >= 0.3 is 0 Å². The van der Waals surface area contributed by atoms with Crippen LogP contribution in [0.25, 0.3) is 11.8 Å². The lowest BCUT2D eigenvalue weighted by Gasteiger charge is -2.16. The molecule has 3 aromatic rings. The molecule has 0 unspecified atom stereocenters. The Morgan fingerprint density at radius 2 is 1.90 bits per heavy atom. The maximum atomic E-state index is 12.6. The first-order chi connectivity index (χ1) is 15.0. The summed E-state index contributed by atoms with van der Waals surface area (Å²) >= 11 is 1.59. The van der Waals surface area contributed by atoms with Crippen LogP contribution in [0, 0.1) is 36.5 Å². The van der Waals surface area contributed by atoms with Gasteiger partial charge in [0.05, 0.1) is 5.69 Å². The van der Waals surface area contributed by atoms with Crippen molar-refractivity contribution in [1.82, 2.24) is 4.57 Å². The van der Waals surface area contributed by atoms with Crippen molar-refractivity contribution in [1.29, 1.82) is 10.5 Å². The van der Waals surface area contributed by atoms with Gasteiger partial charge in [0.15, 0.2) is 0 Å². The minimum atomic E-state index is -0.441. The Kier molecular flexibility index (Phi) is 5.75. The fraction of sp³-hybridized carbons (Fsp3) is 0.240. The maximum Gasteiger partial charge on any atom is 0.266 e. The molecule has 0 saturated carbocycles. The van der Waals surface area contributed by atoms with E-state index in [-0.39, 0.29) is 5.57 Å². The van der Waals surface area contributed by atoms with E-state index in [9.17, 15) is 15.3 Å². The summed E-state index contributed by atoms with van der Waals surface area (Å²) in [5.74, 6) is -0.441. The number of para-hydroxylation sites is 1. The fourth-order valence-electron chi connectivity index (χ4n) is 4.16. The summed E-state index contributed by atoms with van der Waals surface area (Å²) in [7, 11) is 0. The zero-order valence-electron chi connectivity index (χ0n) is 17.5. The number of anilines is 1. The van der Waals surface area contributed by atoms with Crippen LogP contribution < -0.4 is 5.32 Å². The van der Waals surface area contributed by atoms with E-state index in [1.165, 1.54) is 10.4 Å². The first-order valence-corrected chi connectivity index (χ1v) is 11.1. The zero-order chi connectivity index (χ0) is 22.0. The molecular formula is C25H22N4OS. The van der Waals surface area contributed by atoms with Crippen molar-refractivity contribution in [2.75, 3.05) is 5.32 Å². The molecule has 4 rings (SSSR count). The van der Waals surface area contributed by atoms with Gasteiger partial charge in [0.1, 0.15) is 22.6 Å². The number of hydrogen-bond acceptors (Lipinski definition) is 4. The highest BCUT2D eigenvalue weighted by molar-refractivity contribution is 7.13. The predicted octanol–water partition coefficient (Wildman–Crippen LogP) is 5.45. The van der Waals surface area contributed by atoms with Crippen molar-refractivity contribution in [3.05, 3.63) is 74.2 Å². The van der Waals surface area contributed by atoms with Gasteiger partial charge in [-0.05, 0) is 74.9 Å². The van der Waals surface area contributed by atoms with Gasteiger partial charge in [0, 0.05) is 22.0 Å². The van der Waals surface area contributed by atoms with E-state index in [0.29, 0.717) is 5.69 Å². The Hall–Kier alpha value is -3.61. The van der Waals surface area contributed by atoms with Crippen molar-refractivity contribution < 1.29 is 4.79 Å². The highest BCUT2D eigenvalue weighted by atomic mass is 32.1. The van der Waals surface area contributed by atoms with Crippen LogP contribution in [-0.4, -0.2) is 10.5 Å². The molecule has 0 radical (unpaired) electrons. The van der Waals surface area contributed by atoms with E-state index in [1.54, 1.807) is 29.5 Å². The molecule has 2 heterocycles. The Morgan fingerprint density at radius 3 is 2.61 bits per heavy atom. The molecule has 6 heteroatoms. The minimum absolute atomic E-state index is 0.0388. The standard InChI is InChI=1S/C25H22N4OS/c1-16-12-18(13-19(14-26)25(30)28-20-8-4-3-5-9-20)17(2)29(16)24-21-10-6-7-11-22(21)31-23(24)15-27/h3-5,8-9,12-13H,6-7,10-11H2,1-2H3,(H,28,30)/b19-13-. The van der Waals surface area contributed by atoms with Crippen LogP contribution in [-0.2, 0) is 17.6 Å². The van der Waals surface area contributed by atoms with Crippen LogP contribution in [0.4, 0.5) is 5.69 Å². The summed E-state index contributed by atoms with van der Waals surface area (Å²) in [6.07, 6.45) is 5.93. The van der Waals surface area contributed by atoms with Gasteiger partial charge in [0.25, 0.3) is 5.91 Å². The summed E-state index contributed by atoms with van der Waals surface area (Å²) in [5.41, 5.74) is 5.63. The van der Waals surface area contributed by atoms with Gasteiger partial charge in [0.2, 0.25) is 0 Å².